The maximum absolute atomic E-state index is 10.3. The Bertz CT molecular complexity index is 315. The van der Waals surface area contributed by atoms with Crippen LogP contribution in [-0.2, 0) is 11.3 Å². The van der Waals surface area contributed by atoms with Gasteiger partial charge in [-0.25, -0.2) is 4.79 Å². The highest BCUT2D eigenvalue weighted by atomic mass is 16.5. The molecule has 0 saturated heterocycles. The Labute approximate surface area is 88.2 Å². The molecule has 0 aromatic carbocycles. The van der Waals surface area contributed by atoms with E-state index in [1.807, 2.05) is 13.8 Å². The molecule has 0 spiro atoms. The number of carbonyl (C=O) groups excluding carboxylic acids is 1. The second-order valence-corrected chi connectivity index (χ2v) is 3.26. The molecule has 0 aliphatic heterocycles. The molecule has 4 N–H and O–H groups in total. The summed E-state index contributed by atoms with van der Waals surface area (Å²) in [5.74, 6) is 0. The van der Waals surface area contributed by atoms with E-state index >= 15 is 0 Å². The molecule has 84 valence electrons. The third-order valence-electron chi connectivity index (χ3n) is 2.11. The van der Waals surface area contributed by atoms with Gasteiger partial charge in [0.05, 0.1) is 5.69 Å². The van der Waals surface area contributed by atoms with Gasteiger partial charge < -0.3 is 15.8 Å². The molecule has 1 heterocycles. The van der Waals surface area contributed by atoms with Crippen LogP contribution >= 0.6 is 0 Å². The summed E-state index contributed by atoms with van der Waals surface area (Å²) in [6.07, 6.45) is -0.743. The lowest BCUT2D eigenvalue weighted by atomic mass is 10.2. The maximum Gasteiger partial charge on any atom is 0.404 e. The van der Waals surface area contributed by atoms with Gasteiger partial charge in [-0.2, -0.15) is 5.10 Å². The smallest absolute Gasteiger partial charge is 0.404 e. The lowest BCUT2D eigenvalue weighted by molar-refractivity contribution is 0.157. The molecular weight excluding hydrogens is 196 g/mol. The van der Waals surface area contributed by atoms with Gasteiger partial charge in [-0.3, -0.25) is 5.10 Å². The number of nitrogens with one attached hydrogen (secondary N) is 2. The Kier molecular flexibility index (Phi) is 4.11. The SMILES string of the molecule is Cc1n[nH]c(C)c1CNCCOC(N)=O. The van der Waals surface area contributed by atoms with Crippen molar-refractivity contribution in [3.05, 3.63) is 17.0 Å². The average molecular weight is 212 g/mol. The number of carbonyl (C=O) groups is 1. The van der Waals surface area contributed by atoms with Gasteiger partial charge in [-0.05, 0) is 13.8 Å². The number of H-pyrrole nitrogens is 1. The zero-order valence-electron chi connectivity index (χ0n) is 8.96. The van der Waals surface area contributed by atoms with Crippen LogP contribution in [0.2, 0.25) is 0 Å². The first-order valence-electron chi connectivity index (χ1n) is 4.74. The molecular formula is C9H16N4O2. The number of nitrogens with zero attached hydrogens (tertiary/aromatic N) is 1. The van der Waals surface area contributed by atoms with Crippen molar-refractivity contribution < 1.29 is 9.53 Å². The summed E-state index contributed by atoms with van der Waals surface area (Å²) in [6.45, 7) is 5.48. The molecule has 0 aliphatic rings. The molecule has 0 atom stereocenters. The summed E-state index contributed by atoms with van der Waals surface area (Å²) >= 11 is 0. The molecule has 0 unspecified atom stereocenters. The van der Waals surface area contributed by atoms with E-state index in [0.717, 1.165) is 17.0 Å². The van der Waals surface area contributed by atoms with Gasteiger partial charge in [0, 0.05) is 24.3 Å². The van der Waals surface area contributed by atoms with E-state index in [0.29, 0.717) is 13.1 Å². The van der Waals surface area contributed by atoms with Gasteiger partial charge in [0.15, 0.2) is 0 Å². The Hall–Kier alpha value is -1.56. The van der Waals surface area contributed by atoms with Crippen molar-refractivity contribution >= 4 is 6.09 Å². The van der Waals surface area contributed by atoms with E-state index in [9.17, 15) is 4.79 Å². The minimum atomic E-state index is -0.743. The number of hydrogen-bond acceptors (Lipinski definition) is 4. The summed E-state index contributed by atoms with van der Waals surface area (Å²) in [4.78, 5) is 10.3. The standard InChI is InChI=1S/C9H16N4O2/c1-6-8(7(2)13-12-6)5-11-3-4-15-9(10)14/h11H,3-5H2,1-2H3,(H2,10,14)(H,12,13). The number of rotatable bonds is 5. The van der Waals surface area contributed by atoms with Crippen molar-refractivity contribution in [1.29, 1.82) is 0 Å². The molecule has 0 bridgehead atoms. The first-order chi connectivity index (χ1) is 7.11. The van der Waals surface area contributed by atoms with Gasteiger partial charge in [0.25, 0.3) is 0 Å². The van der Waals surface area contributed by atoms with E-state index in [-0.39, 0.29) is 6.61 Å². The number of primary amides is 1. The second kappa shape index (κ2) is 5.35. The van der Waals surface area contributed by atoms with E-state index in [1.165, 1.54) is 0 Å². The fourth-order valence-corrected chi connectivity index (χ4v) is 1.27. The van der Waals surface area contributed by atoms with Gasteiger partial charge in [0.2, 0.25) is 0 Å². The molecule has 0 aliphatic carbocycles. The first kappa shape index (κ1) is 11.5. The van der Waals surface area contributed by atoms with Gasteiger partial charge in [-0.1, -0.05) is 0 Å². The van der Waals surface area contributed by atoms with Crippen molar-refractivity contribution in [2.45, 2.75) is 20.4 Å². The largest absolute Gasteiger partial charge is 0.448 e. The van der Waals surface area contributed by atoms with Crippen LogP contribution in [-0.4, -0.2) is 29.4 Å². The molecule has 0 radical (unpaired) electrons. The average Bonchev–Trinajstić information content (AvgIpc) is 2.47. The fraction of sp³-hybridized carbons (Fsp3) is 0.556. The Morgan fingerprint density at radius 2 is 2.33 bits per heavy atom. The van der Waals surface area contributed by atoms with Crippen molar-refractivity contribution in [2.24, 2.45) is 5.73 Å². The second-order valence-electron chi connectivity index (χ2n) is 3.26. The maximum atomic E-state index is 10.3. The van der Waals surface area contributed by atoms with Gasteiger partial charge in [-0.15, -0.1) is 0 Å². The Balaban J connectivity index is 2.23. The van der Waals surface area contributed by atoms with Crippen LogP contribution in [0.25, 0.3) is 0 Å². The molecule has 6 heteroatoms. The molecule has 1 rings (SSSR count). The molecule has 6 nitrogen and oxygen atoms in total. The number of ether oxygens (including phenoxy) is 1. The van der Waals surface area contributed by atoms with E-state index in [2.05, 4.69) is 20.3 Å². The number of aryl methyl sites for hydroxylation is 2. The third-order valence-corrected chi connectivity index (χ3v) is 2.11. The number of aromatic amines is 1. The first-order valence-corrected chi connectivity index (χ1v) is 4.74. The monoisotopic (exact) mass is 212 g/mol. The van der Waals surface area contributed by atoms with Crippen molar-refractivity contribution in [3.8, 4) is 0 Å². The van der Waals surface area contributed by atoms with Crippen LogP contribution in [0.5, 0.6) is 0 Å². The van der Waals surface area contributed by atoms with Crippen LogP contribution in [0.3, 0.4) is 0 Å². The molecule has 1 amide bonds. The summed E-state index contributed by atoms with van der Waals surface area (Å²) < 4.78 is 4.57. The highest BCUT2D eigenvalue weighted by Gasteiger charge is 2.04. The quantitative estimate of drug-likeness (QED) is 0.608. The molecule has 15 heavy (non-hydrogen) atoms. The molecule has 0 saturated carbocycles. The van der Waals surface area contributed by atoms with E-state index in [4.69, 9.17) is 5.73 Å². The van der Waals surface area contributed by atoms with E-state index in [1.54, 1.807) is 0 Å². The van der Waals surface area contributed by atoms with E-state index < -0.39 is 6.09 Å². The summed E-state index contributed by atoms with van der Waals surface area (Å²) in [7, 11) is 0. The van der Waals surface area contributed by atoms with Crippen LogP contribution in [0, 0.1) is 13.8 Å². The number of nitrogens with two attached hydrogens (primary N) is 1. The minimum Gasteiger partial charge on any atom is -0.448 e. The topological polar surface area (TPSA) is 93.0 Å². The Morgan fingerprint density at radius 3 is 2.87 bits per heavy atom. The van der Waals surface area contributed by atoms with Crippen molar-refractivity contribution in [1.82, 2.24) is 15.5 Å². The van der Waals surface area contributed by atoms with Crippen LogP contribution in [0.15, 0.2) is 0 Å². The normalized spacial score (nSPS) is 10.3. The highest BCUT2D eigenvalue weighted by Crippen LogP contribution is 2.07. The lowest BCUT2D eigenvalue weighted by Crippen LogP contribution is -2.23. The lowest BCUT2D eigenvalue weighted by Gasteiger charge is -2.04. The van der Waals surface area contributed by atoms with Gasteiger partial charge in [0.1, 0.15) is 6.61 Å². The summed E-state index contributed by atoms with van der Waals surface area (Å²) in [5, 5.41) is 10.1. The fourth-order valence-electron chi connectivity index (χ4n) is 1.27. The van der Waals surface area contributed by atoms with Crippen LogP contribution < -0.4 is 11.1 Å². The number of aromatic nitrogens is 2. The third kappa shape index (κ3) is 3.59. The predicted octanol–water partition coefficient (Wildman–Crippen LogP) is 0.211. The number of amides is 1. The van der Waals surface area contributed by atoms with Crippen LogP contribution in [0.1, 0.15) is 17.0 Å². The predicted molar refractivity (Wildman–Crippen MR) is 55.3 cm³/mol. The summed E-state index contributed by atoms with van der Waals surface area (Å²) in [5.41, 5.74) is 7.99. The zero-order chi connectivity index (χ0) is 11.3. The zero-order valence-corrected chi connectivity index (χ0v) is 8.96. The highest BCUT2D eigenvalue weighted by molar-refractivity contribution is 5.64. The van der Waals surface area contributed by atoms with Crippen molar-refractivity contribution in [2.75, 3.05) is 13.2 Å². The molecule has 0 fully saturated rings. The van der Waals surface area contributed by atoms with Crippen molar-refractivity contribution in [3.63, 3.8) is 0 Å². The summed E-state index contributed by atoms with van der Waals surface area (Å²) in [6, 6.07) is 0. The molecule has 1 aromatic rings. The molecule has 1 aromatic heterocycles. The minimum absolute atomic E-state index is 0.283. The van der Waals surface area contributed by atoms with Gasteiger partial charge >= 0.3 is 6.09 Å². The Morgan fingerprint density at radius 1 is 1.60 bits per heavy atom. The number of hydrogen-bond donors (Lipinski definition) is 3. The van der Waals surface area contributed by atoms with Crippen LogP contribution in [0.4, 0.5) is 4.79 Å².